The second-order valence-electron chi connectivity index (χ2n) is 3.58. The highest BCUT2D eigenvalue weighted by atomic mass is 79.9. The van der Waals surface area contributed by atoms with Gasteiger partial charge in [0.05, 0.1) is 17.2 Å². The molecule has 1 aromatic heterocycles. The molecule has 0 saturated carbocycles. The number of halogens is 1. The van der Waals surface area contributed by atoms with Crippen LogP contribution in [-0.4, -0.2) is 27.8 Å². The lowest BCUT2D eigenvalue weighted by molar-refractivity contribution is -0.124. The van der Waals surface area contributed by atoms with Crippen LogP contribution in [0.3, 0.4) is 0 Å². The number of carbonyl (C=O) groups is 1. The number of nitrogens with zero attached hydrogens (tertiary/aromatic N) is 2. The molecule has 1 heterocycles. The van der Waals surface area contributed by atoms with Gasteiger partial charge >= 0.3 is 0 Å². The van der Waals surface area contributed by atoms with Crippen LogP contribution in [0.2, 0.25) is 0 Å². The molecular formula is C9H15BrN4O. The van der Waals surface area contributed by atoms with Crippen molar-refractivity contribution in [3.63, 3.8) is 0 Å². The summed E-state index contributed by atoms with van der Waals surface area (Å²) in [6, 6.07) is 0. The maximum absolute atomic E-state index is 11.3. The second-order valence-corrected chi connectivity index (χ2v) is 4.50. The number of primary amides is 1. The monoisotopic (exact) mass is 274 g/mol. The fourth-order valence-corrected chi connectivity index (χ4v) is 1.69. The molecule has 0 aliphatic carbocycles. The summed E-state index contributed by atoms with van der Waals surface area (Å²) in [6.07, 6.45) is 3.48. The van der Waals surface area contributed by atoms with Gasteiger partial charge in [0.15, 0.2) is 0 Å². The van der Waals surface area contributed by atoms with Crippen LogP contribution in [0.5, 0.6) is 0 Å². The lowest BCUT2D eigenvalue weighted by Crippen LogP contribution is -2.55. The molecule has 0 saturated heterocycles. The number of amides is 1. The minimum atomic E-state index is -0.764. The van der Waals surface area contributed by atoms with Crippen molar-refractivity contribution < 1.29 is 4.79 Å². The zero-order valence-electron chi connectivity index (χ0n) is 8.83. The van der Waals surface area contributed by atoms with Gasteiger partial charge in [-0.25, -0.2) is 0 Å². The highest BCUT2D eigenvalue weighted by Crippen LogP contribution is 2.11. The summed E-state index contributed by atoms with van der Waals surface area (Å²) in [6.45, 7) is 4.80. The van der Waals surface area contributed by atoms with Gasteiger partial charge in [-0.15, -0.1) is 0 Å². The van der Waals surface area contributed by atoms with E-state index in [-0.39, 0.29) is 5.91 Å². The summed E-state index contributed by atoms with van der Waals surface area (Å²) in [5.74, 6) is -0.379. The first-order valence-corrected chi connectivity index (χ1v) is 5.50. The maximum atomic E-state index is 11.3. The molecule has 3 N–H and O–H groups in total. The summed E-state index contributed by atoms with van der Waals surface area (Å²) < 4.78 is 2.56. The third kappa shape index (κ3) is 3.04. The van der Waals surface area contributed by atoms with Gasteiger partial charge in [-0.1, -0.05) is 6.92 Å². The largest absolute Gasteiger partial charge is 0.368 e. The predicted molar refractivity (Wildman–Crippen MR) is 61.2 cm³/mol. The van der Waals surface area contributed by atoms with E-state index in [0.717, 1.165) is 4.47 Å². The number of rotatable bonds is 5. The van der Waals surface area contributed by atoms with Crippen LogP contribution in [0.15, 0.2) is 16.9 Å². The average molecular weight is 275 g/mol. The van der Waals surface area contributed by atoms with Crippen LogP contribution in [0, 0.1) is 0 Å². The van der Waals surface area contributed by atoms with Crippen LogP contribution >= 0.6 is 15.9 Å². The fourth-order valence-electron chi connectivity index (χ4n) is 1.36. The standard InChI is InChI=1S/C9H15BrN4O/c1-3-12-9(2,8(11)15)6-14-5-7(10)4-13-14/h4-5,12H,3,6H2,1-2H3,(H2,11,15). The SMILES string of the molecule is CCNC(C)(Cn1cc(Br)cn1)C(N)=O. The van der Waals surface area contributed by atoms with Crippen LogP contribution in [0.1, 0.15) is 13.8 Å². The molecule has 0 spiro atoms. The van der Waals surface area contributed by atoms with Crippen LogP contribution in [0.4, 0.5) is 0 Å². The minimum absolute atomic E-state index is 0.379. The van der Waals surface area contributed by atoms with E-state index in [1.54, 1.807) is 24.0 Å². The molecule has 1 unspecified atom stereocenters. The lowest BCUT2D eigenvalue weighted by Gasteiger charge is -2.26. The first-order chi connectivity index (χ1) is 6.98. The highest BCUT2D eigenvalue weighted by Gasteiger charge is 2.30. The molecule has 0 fully saturated rings. The summed E-state index contributed by atoms with van der Waals surface area (Å²) in [4.78, 5) is 11.3. The van der Waals surface area contributed by atoms with Gasteiger partial charge in [-0.3, -0.25) is 9.48 Å². The molecule has 0 bridgehead atoms. The molecule has 1 rings (SSSR count). The van der Waals surface area contributed by atoms with Crippen molar-refractivity contribution in [2.24, 2.45) is 5.73 Å². The molecule has 6 heteroatoms. The number of hydrogen-bond donors (Lipinski definition) is 2. The van der Waals surface area contributed by atoms with Gasteiger partial charge in [0, 0.05) is 6.20 Å². The van der Waals surface area contributed by atoms with Crippen molar-refractivity contribution in [2.45, 2.75) is 25.9 Å². The highest BCUT2D eigenvalue weighted by molar-refractivity contribution is 9.10. The Bertz CT molecular complexity index is 352. The van der Waals surface area contributed by atoms with Crippen LogP contribution in [-0.2, 0) is 11.3 Å². The number of likely N-dealkylation sites (N-methyl/N-ethyl adjacent to an activating group) is 1. The number of nitrogens with one attached hydrogen (secondary N) is 1. The van der Waals surface area contributed by atoms with Crippen molar-refractivity contribution >= 4 is 21.8 Å². The van der Waals surface area contributed by atoms with E-state index in [0.29, 0.717) is 13.1 Å². The van der Waals surface area contributed by atoms with Crippen molar-refractivity contribution in [3.05, 3.63) is 16.9 Å². The molecule has 1 atom stereocenters. The van der Waals surface area contributed by atoms with E-state index in [2.05, 4.69) is 26.3 Å². The first-order valence-electron chi connectivity index (χ1n) is 4.71. The van der Waals surface area contributed by atoms with Gasteiger partial charge in [-0.2, -0.15) is 5.10 Å². The molecule has 0 aromatic carbocycles. The lowest BCUT2D eigenvalue weighted by atomic mass is 10.0. The number of aromatic nitrogens is 2. The Morgan fingerprint density at radius 3 is 2.87 bits per heavy atom. The summed E-state index contributed by atoms with van der Waals surface area (Å²) in [5.41, 5.74) is 4.59. The quantitative estimate of drug-likeness (QED) is 0.821. The molecule has 15 heavy (non-hydrogen) atoms. The van der Waals surface area contributed by atoms with Gasteiger partial charge in [0.2, 0.25) is 5.91 Å². The summed E-state index contributed by atoms with van der Waals surface area (Å²) in [5, 5.41) is 7.15. The van der Waals surface area contributed by atoms with Gasteiger partial charge < -0.3 is 11.1 Å². The van der Waals surface area contributed by atoms with Gasteiger partial charge in [0.1, 0.15) is 5.54 Å². The summed E-state index contributed by atoms with van der Waals surface area (Å²) >= 11 is 3.30. The third-order valence-corrected chi connectivity index (χ3v) is 2.60. The number of carbonyl (C=O) groups excluding carboxylic acids is 1. The first kappa shape index (κ1) is 12.2. The minimum Gasteiger partial charge on any atom is -0.368 e. The molecule has 1 aromatic rings. The molecular weight excluding hydrogens is 260 g/mol. The third-order valence-electron chi connectivity index (χ3n) is 2.19. The Morgan fingerprint density at radius 1 is 1.80 bits per heavy atom. The van der Waals surface area contributed by atoms with E-state index >= 15 is 0 Å². The smallest absolute Gasteiger partial charge is 0.239 e. The molecule has 84 valence electrons. The average Bonchev–Trinajstić information content (AvgIpc) is 2.51. The predicted octanol–water partition coefficient (Wildman–Crippen LogP) is 0.499. The number of nitrogens with two attached hydrogens (primary N) is 1. The van der Waals surface area contributed by atoms with E-state index in [4.69, 9.17) is 5.73 Å². The van der Waals surface area contributed by atoms with Crippen molar-refractivity contribution in [2.75, 3.05) is 6.54 Å². The van der Waals surface area contributed by atoms with Crippen LogP contribution < -0.4 is 11.1 Å². The maximum Gasteiger partial charge on any atom is 0.239 e. The van der Waals surface area contributed by atoms with Crippen LogP contribution in [0.25, 0.3) is 0 Å². The van der Waals surface area contributed by atoms with E-state index < -0.39 is 5.54 Å². The normalized spacial score (nSPS) is 14.9. The Kier molecular flexibility index (Phi) is 3.87. The van der Waals surface area contributed by atoms with Crippen molar-refractivity contribution in [1.29, 1.82) is 0 Å². The molecule has 0 aliphatic heterocycles. The Hall–Kier alpha value is -0.880. The van der Waals surface area contributed by atoms with E-state index in [9.17, 15) is 4.79 Å². The molecule has 1 amide bonds. The van der Waals surface area contributed by atoms with Crippen molar-refractivity contribution in [3.8, 4) is 0 Å². The fraction of sp³-hybridized carbons (Fsp3) is 0.556. The second kappa shape index (κ2) is 4.76. The zero-order valence-corrected chi connectivity index (χ0v) is 10.4. The molecule has 0 aliphatic rings. The Labute approximate surface area is 97.1 Å². The van der Waals surface area contributed by atoms with E-state index in [1.165, 1.54) is 0 Å². The molecule has 5 nitrogen and oxygen atoms in total. The zero-order chi connectivity index (χ0) is 11.5. The van der Waals surface area contributed by atoms with Gasteiger partial charge in [0.25, 0.3) is 0 Å². The molecule has 0 radical (unpaired) electrons. The van der Waals surface area contributed by atoms with E-state index in [1.807, 2.05) is 6.92 Å². The Morgan fingerprint density at radius 2 is 2.47 bits per heavy atom. The Balaban J connectivity index is 2.79. The summed E-state index contributed by atoms with van der Waals surface area (Å²) in [7, 11) is 0. The number of hydrogen-bond acceptors (Lipinski definition) is 3. The van der Waals surface area contributed by atoms with Gasteiger partial charge in [-0.05, 0) is 29.4 Å². The topological polar surface area (TPSA) is 72.9 Å². The van der Waals surface area contributed by atoms with Crippen molar-refractivity contribution in [1.82, 2.24) is 15.1 Å².